The average molecular weight is 248 g/mol. The van der Waals surface area contributed by atoms with Crippen molar-refractivity contribution in [3.05, 3.63) is 48.0 Å². The van der Waals surface area contributed by atoms with Crippen LogP contribution >= 0.6 is 0 Å². The van der Waals surface area contributed by atoms with Crippen molar-refractivity contribution in [2.45, 2.75) is 19.1 Å². The zero-order chi connectivity index (χ0) is 12.8. The number of rotatable bonds is 6. The minimum Gasteiger partial charge on any atom is -0.394 e. The number of allylic oxidation sites excluding steroid dienone is 1. The van der Waals surface area contributed by atoms with Gasteiger partial charge in [0.05, 0.1) is 25.9 Å². The molecule has 18 heavy (non-hydrogen) atoms. The Morgan fingerprint density at radius 3 is 2.78 bits per heavy atom. The summed E-state index contributed by atoms with van der Waals surface area (Å²) < 4.78 is 5.68. The molecule has 0 amide bonds. The van der Waals surface area contributed by atoms with Gasteiger partial charge in [-0.05, 0) is 17.9 Å². The van der Waals surface area contributed by atoms with Crippen LogP contribution in [-0.2, 0) is 11.3 Å². The number of aliphatic hydroxyl groups excluding tert-OH is 2. The molecule has 0 radical (unpaired) electrons. The van der Waals surface area contributed by atoms with Crippen molar-refractivity contribution in [3.8, 4) is 0 Å². The highest BCUT2D eigenvalue weighted by Gasteiger charge is 2.28. The molecular formula is C15H20O3. The summed E-state index contributed by atoms with van der Waals surface area (Å²) in [6, 6.07) is 10.0. The fraction of sp³-hybridized carbons (Fsp3) is 0.467. The molecule has 0 heterocycles. The molecule has 1 aromatic carbocycles. The van der Waals surface area contributed by atoms with Crippen LogP contribution < -0.4 is 0 Å². The van der Waals surface area contributed by atoms with Crippen LogP contribution in [0.5, 0.6) is 0 Å². The molecule has 1 aromatic rings. The van der Waals surface area contributed by atoms with E-state index in [-0.39, 0.29) is 18.4 Å². The molecule has 1 aliphatic carbocycles. The van der Waals surface area contributed by atoms with Gasteiger partial charge in [0.25, 0.3) is 0 Å². The molecule has 1 aliphatic rings. The Morgan fingerprint density at radius 2 is 2.06 bits per heavy atom. The van der Waals surface area contributed by atoms with Crippen LogP contribution in [0.15, 0.2) is 42.5 Å². The summed E-state index contributed by atoms with van der Waals surface area (Å²) in [4.78, 5) is 0. The molecule has 0 aromatic heterocycles. The van der Waals surface area contributed by atoms with Crippen LogP contribution in [0.3, 0.4) is 0 Å². The van der Waals surface area contributed by atoms with E-state index >= 15 is 0 Å². The summed E-state index contributed by atoms with van der Waals surface area (Å²) >= 11 is 0. The normalized spacial score (nSPS) is 24.3. The van der Waals surface area contributed by atoms with Gasteiger partial charge < -0.3 is 14.9 Å². The van der Waals surface area contributed by atoms with E-state index in [2.05, 4.69) is 12.2 Å². The average Bonchev–Trinajstić information content (AvgIpc) is 2.87. The van der Waals surface area contributed by atoms with Gasteiger partial charge in [0.1, 0.15) is 0 Å². The molecule has 3 atom stereocenters. The second kappa shape index (κ2) is 6.69. The summed E-state index contributed by atoms with van der Waals surface area (Å²) in [6.07, 6.45) is 4.31. The molecular weight excluding hydrogens is 228 g/mol. The quantitative estimate of drug-likeness (QED) is 0.754. The van der Waals surface area contributed by atoms with E-state index < -0.39 is 6.10 Å². The standard InChI is InChI=1S/C15H20O3/c16-9-15(17)14-8-4-7-13(14)11-18-10-12-5-2-1-3-6-12/h1-7,13-17H,8-11H2/t13-,14+,15-/m0/s1. The first-order chi connectivity index (χ1) is 8.81. The van der Waals surface area contributed by atoms with Gasteiger partial charge in [0.2, 0.25) is 0 Å². The lowest BCUT2D eigenvalue weighted by Gasteiger charge is -2.23. The van der Waals surface area contributed by atoms with Gasteiger partial charge in [-0.25, -0.2) is 0 Å². The fourth-order valence-electron chi connectivity index (χ4n) is 2.37. The van der Waals surface area contributed by atoms with Crippen LogP contribution in [0.25, 0.3) is 0 Å². The highest BCUT2D eigenvalue weighted by molar-refractivity contribution is 5.13. The Labute approximate surface area is 108 Å². The number of aliphatic hydroxyl groups is 2. The zero-order valence-electron chi connectivity index (χ0n) is 10.4. The van der Waals surface area contributed by atoms with Gasteiger partial charge in [0.15, 0.2) is 0 Å². The van der Waals surface area contributed by atoms with Crippen molar-refractivity contribution < 1.29 is 14.9 Å². The van der Waals surface area contributed by atoms with Crippen molar-refractivity contribution in [2.24, 2.45) is 11.8 Å². The first-order valence-corrected chi connectivity index (χ1v) is 6.38. The minimum absolute atomic E-state index is 0.0887. The predicted molar refractivity (Wildman–Crippen MR) is 69.9 cm³/mol. The molecule has 0 fully saturated rings. The van der Waals surface area contributed by atoms with Gasteiger partial charge >= 0.3 is 0 Å². The van der Waals surface area contributed by atoms with Gasteiger partial charge in [-0.1, -0.05) is 42.5 Å². The maximum atomic E-state index is 9.70. The highest BCUT2D eigenvalue weighted by atomic mass is 16.5. The Balaban J connectivity index is 1.78. The molecule has 0 spiro atoms. The lowest BCUT2D eigenvalue weighted by Crippen LogP contribution is -2.29. The zero-order valence-corrected chi connectivity index (χ0v) is 10.4. The van der Waals surface area contributed by atoms with Crippen molar-refractivity contribution in [3.63, 3.8) is 0 Å². The molecule has 2 N–H and O–H groups in total. The van der Waals surface area contributed by atoms with Gasteiger partial charge in [-0.15, -0.1) is 0 Å². The fourth-order valence-corrected chi connectivity index (χ4v) is 2.37. The summed E-state index contributed by atoms with van der Waals surface area (Å²) in [5.74, 6) is 0.293. The third kappa shape index (κ3) is 3.42. The van der Waals surface area contributed by atoms with Crippen molar-refractivity contribution in [1.82, 2.24) is 0 Å². The van der Waals surface area contributed by atoms with Gasteiger partial charge in [-0.3, -0.25) is 0 Å². The van der Waals surface area contributed by atoms with Crippen molar-refractivity contribution in [1.29, 1.82) is 0 Å². The molecule has 0 bridgehead atoms. The lowest BCUT2D eigenvalue weighted by atomic mass is 9.91. The molecule has 3 nitrogen and oxygen atoms in total. The first kappa shape index (κ1) is 13.3. The number of hydrogen-bond acceptors (Lipinski definition) is 3. The molecule has 0 unspecified atom stereocenters. The lowest BCUT2D eigenvalue weighted by molar-refractivity contribution is 0.00959. The van der Waals surface area contributed by atoms with Crippen LogP contribution in [0.4, 0.5) is 0 Å². The second-order valence-electron chi connectivity index (χ2n) is 4.74. The van der Waals surface area contributed by atoms with Gasteiger partial charge in [0, 0.05) is 5.92 Å². The molecule has 3 heteroatoms. The van der Waals surface area contributed by atoms with E-state index in [4.69, 9.17) is 9.84 Å². The maximum absolute atomic E-state index is 9.70. The van der Waals surface area contributed by atoms with Crippen LogP contribution in [0.1, 0.15) is 12.0 Å². The van der Waals surface area contributed by atoms with E-state index in [0.29, 0.717) is 13.2 Å². The largest absolute Gasteiger partial charge is 0.394 e. The Kier molecular flexibility index (Phi) is 4.93. The first-order valence-electron chi connectivity index (χ1n) is 6.38. The van der Waals surface area contributed by atoms with E-state index in [1.54, 1.807) is 0 Å². The summed E-state index contributed by atoms with van der Waals surface area (Å²) in [6.45, 7) is 1.00. The SMILES string of the molecule is OC[C@H](O)[C@@H]1CC=C[C@H]1COCc1ccccc1. The molecule has 98 valence electrons. The Morgan fingerprint density at radius 1 is 1.28 bits per heavy atom. The molecule has 0 aliphatic heterocycles. The number of benzene rings is 1. The Hall–Kier alpha value is -1.16. The number of hydrogen-bond donors (Lipinski definition) is 2. The van der Waals surface area contributed by atoms with Crippen LogP contribution in [0, 0.1) is 11.8 Å². The van der Waals surface area contributed by atoms with E-state index in [9.17, 15) is 5.11 Å². The molecule has 2 rings (SSSR count). The van der Waals surface area contributed by atoms with E-state index in [1.165, 1.54) is 0 Å². The molecule has 0 saturated heterocycles. The second-order valence-corrected chi connectivity index (χ2v) is 4.74. The van der Waals surface area contributed by atoms with Gasteiger partial charge in [-0.2, -0.15) is 0 Å². The van der Waals surface area contributed by atoms with E-state index in [1.807, 2.05) is 30.3 Å². The monoisotopic (exact) mass is 248 g/mol. The van der Waals surface area contributed by atoms with Crippen LogP contribution in [-0.4, -0.2) is 29.5 Å². The third-order valence-electron chi connectivity index (χ3n) is 3.44. The van der Waals surface area contributed by atoms with Crippen LogP contribution in [0.2, 0.25) is 0 Å². The topological polar surface area (TPSA) is 49.7 Å². The van der Waals surface area contributed by atoms with Crippen molar-refractivity contribution >= 4 is 0 Å². The Bertz CT molecular complexity index is 375. The molecule has 0 saturated carbocycles. The third-order valence-corrected chi connectivity index (χ3v) is 3.44. The maximum Gasteiger partial charge on any atom is 0.0808 e. The van der Waals surface area contributed by atoms with E-state index in [0.717, 1.165) is 12.0 Å². The summed E-state index contributed by atoms with van der Waals surface area (Å²) in [5.41, 5.74) is 1.15. The van der Waals surface area contributed by atoms with Crippen molar-refractivity contribution in [2.75, 3.05) is 13.2 Å². The highest BCUT2D eigenvalue weighted by Crippen LogP contribution is 2.28. The predicted octanol–water partition coefficient (Wildman–Crippen LogP) is 1.75. The smallest absolute Gasteiger partial charge is 0.0808 e. The summed E-state index contributed by atoms with van der Waals surface area (Å²) in [7, 11) is 0. The number of ether oxygens (including phenoxy) is 1. The minimum atomic E-state index is -0.648. The summed E-state index contributed by atoms with van der Waals surface area (Å²) in [5, 5.41) is 18.7.